The van der Waals surface area contributed by atoms with Gasteiger partial charge in [0.05, 0.1) is 10.5 Å². The van der Waals surface area contributed by atoms with E-state index in [-0.39, 0.29) is 10.5 Å². The van der Waals surface area contributed by atoms with Crippen LogP contribution in [0, 0.1) is 11.7 Å². The molecule has 6 nitrogen and oxygen atoms in total. The zero-order chi connectivity index (χ0) is 20.1. The van der Waals surface area contributed by atoms with Crippen molar-refractivity contribution in [2.24, 2.45) is 5.92 Å². The van der Waals surface area contributed by atoms with E-state index in [1.807, 2.05) is 0 Å². The number of thiophene rings is 1. The average molecular weight is 426 g/mol. The fraction of sp³-hybridized carbons (Fsp3) is 0.421. The summed E-state index contributed by atoms with van der Waals surface area (Å²) < 4.78 is 39.9. The summed E-state index contributed by atoms with van der Waals surface area (Å²) in [4.78, 5) is 16.0. The molecular formula is C19H24FN3O3S2. The van der Waals surface area contributed by atoms with Crippen LogP contribution in [0.5, 0.6) is 0 Å². The van der Waals surface area contributed by atoms with E-state index >= 15 is 0 Å². The van der Waals surface area contributed by atoms with E-state index < -0.39 is 21.7 Å². The molecule has 0 aliphatic carbocycles. The molecule has 0 saturated carbocycles. The van der Waals surface area contributed by atoms with Gasteiger partial charge in [-0.05, 0) is 68.5 Å². The molecule has 9 heteroatoms. The van der Waals surface area contributed by atoms with E-state index in [1.165, 1.54) is 11.9 Å². The van der Waals surface area contributed by atoms with Crippen LogP contribution in [0.3, 0.4) is 0 Å². The van der Waals surface area contributed by atoms with Gasteiger partial charge < -0.3 is 5.32 Å². The predicted molar refractivity (Wildman–Crippen MR) is 107 cm³/mol. The monoisotopic (exact) mass is 425 g/mol. The van der Waals surface area contributed by atoms with Gasteiger partial charge in [-0.3, -0.25) is 9.69 Å². The number of nitrogens with one attached hydrogen (secondary N) is 2. The fourth-order valence-electron chi connectivity index (χ4n) is 3.27. The molecule has 1 fully saturated rings. The third kappa shape index (κ3) is 5.16. The topological polar surface area (TPSA) is 78.5 Å². The predicted octanol–water partition coefficient (Wildman–Crippen LogP) is 2.44. The highest BCUT2D eigenvalue weighted by Gasteiger charge is 2.22. The number of nitrogens with zero attached hydrogens (tertiary/aromatic N) is 1. The molecule has 0 unspecified atom stereocenters. The second kappa shape index (κ2) is 9.13. The van der Waals surface area contributed by atoms with Gasteiger partial charge in [0.1, 0.15) is 5.82 Å². The number of carbonyl (C=O) groups is 1. The lowest BCUT2D eigenvalue weighted by atomic mass is 9.96. The van der Waals surface area contributed by atoms with E-state index in [1.54, 1.807) is 11.3 Å². The Morgan fingerprint density at radius 2 is 2.04 bits per heavy atom. The van der Waals surface area contributed by atoms with Gasteiger partial charge in [-0.15, -0.1) is 11.3 Å². The molecule has 0 atom stereocenters. The molecule has 2 heterocycles. The number of carbonyl (C=O) groups excluding carboxylic acids is 1. The Labute approximate surface area is 168 Å². The van der Waals surface area contributed by atoms with Gasteiger partial charge in [0.15, 0.2) is 0 Å². The van der Waals surface area contributed by atoms with Gasteiger partial charge >= 0.3 is 0 Å². The van der Waals surface area contributed by atoms with E-state index in [0.717, 1.165) is 50.7 Å². The van der Waals surface area contributed by atoms with Crippen LogP contribution in [0.25, 0.3) is 0 Å². The normalized spacial score (nSPS) is 16.2. The molecule has 2 aromatic rings. The molecule has 0 spiro atoms. The second-order valence-electron chi connectivity index (χ2n) is 6.86. The van der Waals surface area contributed by atoms with Crippen LogP contribution >= 0.6 is 11.3 Å². The molecule has 3 rings (SSSR count). The molecule has 2 N–H and O–H groups in total. The molecule has 1 aromatic heterocycles. The van der Waals surface area contributed by atoms with E-state index in [0.29, 0.717) is 12.5 Å². The van der Waals surface area contributed by atoms with Gasteiger partial charge in [0.2, 0.25) is 10.0 Å². The molecule has 0 radical (unpaired) electrons. The standard InChI is InChI=1S/C19H24FN3O3S2/c1-21-28(25,26)16-4-5-18(20)17(11-16)19(24)22-12-14-6-8-23(9-7-14)13-15-3-2-10-27-15/h2-5,10-11,14,21H,6-9,12-13H2,1H3,(H,22,24). The molecule has 1 aliphatic rings. The van der Waals surface area contributed by atoms with Crippen LogP contribution in [0.4, 0.5) is 4.39 Å². The Morgan fingerprint density at radius 1 is 1.29 bits per heavy atom. The minimum atomic E-state index is -3.74. The molecule has 0 bridgehead atoms. The van der Waals surface area contributed by atoms with Gasteiger partial charge in [-0.1, -0.05) is 6.07 Å². The maximum absolute atomic E-state index is 14.0. The van der Waals surface area contributed by atoms with Crippen LogP contribution in [-0.2, 0) is 16.6 Å². The van der Waals surface area contributed by atoms with Crippen LogP contribution < -0.4 is 10.0 Å². The van der Waals surface area contributed by atoms with Crippen molar-refractivity contribution in [3.05, 3.63) is 52.0 Å². The SMILES string of the molecule is CNS(=O)(=O)c1ccc(F)c(C(=O)NCC2CCN(Cc3cccs3)CC2)c1. The lowest BCUT2D eigenvalue weighted by Gasteiger charge is -2.31. The Hall–Kier alpha value is -1.81. The molecule has 1 saturated heterocycles. The number of hydrogen-bond donors (Lipinski definition) is 2. The summed E-state index contributed by atoms with van der Waals surface area (Å²) in [5.74, 6) is -0.999. The number of rotatable bonds is 7. The van der Waals surface area contributed by atoms with Crippen LogP contribution in [-0.4, -0.2) is 45.9 Å². The highest BCUT2D eigenvalue weighted by molar-refractivity contribution is 7.89. The van der Waals surface area contributed by atoms with Crippen molar-refractivity contribution >= 4 is 27.3 Å². The number of amides is 1. The summed E-state index contributed by atoms with van der Waals surface area (Å²) in [5, 5.41) is 4.83. The second-order valence-corrected chi connectivity index (χ2v) is 9.78. The average Bonchev–Trinajstić information content (AvgIpc) is 3.20. The summed E-state index contributed by atoms with van der Waals surface area (Å²) in [6.45, 7) is 3.33. The lowest BCUT2D eigenvalue weighted by molar-refractivity contribution is 0.0931. The summed E-state index contributed by atoms with van der Waals surface area (Å²) in [6, 6.07) is 7.40. The summed E-state index contributed by atoms with van der Waals surface area (Å²) in [6.07, 6.45) is 1.92. The number of likely N-dealkylation sites (tertiary alicyclic amines) is 1. The van der Waals surface area contributed by atoms with Crippen molar-refractivity contribution in [1.82, 2.24) is 14.9 Å². The highest BCUT2D eigenvalue weighted by Crippen LogP contribution is 2.21. The van der Waals surface area contributed by atoms with Crippen LogP contribution in [0.1, 0.15) is 28.1 Å². The van der Waals surface area contributed by atoms with E-state index in [2.05, 4.69) is 32.5 Å². The number of hydrogen-bond acceptors (Lipinski definition) is 5. The van der Waals surface area contributed by atoms with Crippen molar-refractivity contribution < 1.29 is 17.6 Å². The smallest absolute Gasteiger partial charge is 0.254 e. The third-order valence-corrected chi connectivity index (χ3v) is 7.25. The van der Waals surface area contributed by atoms with Crippen LogP contribution in [0.2, 0.25) is 0 Å². The Morgan fingerprint density at radius 3 is 2.68 bits per heavy atom. The highest BCUT2D eigenvalue weighted by atomic mass is 32.2. The molecule has 152 valence electrons. The Kier molecular flexibility index (Phi) is 6.82. The van der Waals surface area contributed by atoms with Gasteiger partial charge in [0, 0.05) is 18.0 Å². The minimum absolute atomic E-state index is 0.136. The Balaban J connectivity index is 1.53. The first-order valence-electron chi connectivity index (χ1n) is 9.15. The fourth-order valence-corrected chi connectivity index (χ4v) is 4.77. The molecule has 1 aliphatic heterocycles. The molecule has 28 heavy (non-hydrogen) atoms. The maximum Gasteiger partial charge on any atom is 0.254 e. The molecular weight excluding hydrogens is 401 g/mol. The summed E-state index contributed by atoms with van der Waals surface area (Å²) in [5.41, 5.74) is -0.258. The zero-order valence-electron chi connectivity index (χ0n) is 15.7. The van der Waals surface area contributed by atoms with E-state index in [4.69, 9.17) is 0 Å². The Bertz CT molecular complexity index is 909. The molecule has 1 aromatic carbocycles. The molecule has 1 amide bonds. The quantitative estimate of drug-likeness (QED) is 0.714. The summed E-state index contributed by atoms with van der Waals surface area (Å²) in [7, 11) is -2.47. The maximum atomic E-state index is 14.0. The number of halogens is 1. The van der Waals surface area contributed by atoms with Crippen molar-refractivity contribution in [3.63, 3.8) is 0 Å². The number of sulfonamides is 1. The van der Waals surface area contributed by atoms with Crippen LogP contribution in [0.15, 0.2) is 40.6 Å². The van der Waals surface area contributed by atoms with Crippen molar-refractivity contribution in [3.8, 4) is 0 Å². The first kappa shape index (κ1) is 20.9. The van der Waals surface area contributed by atoms with Crippen molar-refractivity contribution in [2.45, 2.75) is 24.3 Å². The largest absolute Gasteiger partial charge is 0.352 e. The lowest BCUT2D eigenvalue weighted by Crippen LogP contribution is -2.38. The van der Waals surface area contributed by atoms with Gasteiger partial charge in [0.25, 0.3) is 5.91 Å². The minimum Gasteiger partial charge on any atom is -0.352 e. The number of benzene rings is 1. The summed E-state index contributed by atoms with van der Waals surface area (Å²) >= 11 is 1.75. The van der Waals surface area contributed by atoms with Crippen molar-refractivity contribution in [1.29, 1.82) is 0 Å². The van der Waals surface area contributed by atoms with Crippen molar-refractivity contribution in [2.75, 3.05) is 26.7 Å². The van der Waals surface area contributed by atoms with Gasteiger partial charge in [-0.2, -0.15) is 0 Å². The zero-order valence-corrected chi connectivity index (χ0v) is 17.3. The van der Waals surface area contributed by atoms with Gasteiger partial charge in [-0.25, -0.2) is 17.5 Å². The first-order chi connectivity index (χ1) is 13.4. The first-order valence-corrected chi connectivity index (χ1v) is 11.5. The van der Waals surface area contributed by atoms with E-state index in [9.17, 15) is 17.6 Å². The number of piperidine rings is 1. The third-order valence-electron chi connectivity index (χ3n) is 4.98.